The number of carbonyl (C=O) groups excluding carboxylic acids is 1. The number of carbonyl (C=O) groups is 2. The summed E-state index contributed by atoms with van der Waals surface area (Å²) >= 11 is 0. The van der Waals surface area contributed by atoms with Crippen LogP contribution in [0.5, 0.6) is 0 Å². The molecule has 5 heteroatoms. The van der Waals surface area contributed by atoms with Gasteiger partial charge in [-0.15, -0.1) is 0 Å². The Bertz CT molecular complexity index is 515. The van der Waals surface area contributed by atoms with Gasteiger partial charge < -0.3 is 9.84 Å². The van der Waals surface area contributed by atoms with E-state index in [1.165, 1.54) is 0 Å². The van der Waals surface area contributed by atoms with Crippen LogP contribution in [0.2, 0.25) is 0 Å². The van der Waals surface area contributed by atoms with Gasteiger partial charge in [0, 0.05) is 0 Å². The Labute approximate surface area is 118 Å². The fourth-order valence-electron chi connectivity index (χ4n) is 1.65. The summed E-state index contributed by atoms with van der Waals surface area (Å²) in [5.74, 6) is -0.307. The number of benzene rings is 1. The van der Waals surface area contributed by atoms with Crippen molar-refractivity contribution in [2.75, 3.05) is 5.32 Å². The Morgan fingerprint density at radius 3 is 2.30 bits per heavy atom. The first kappa shape index (κ1) is 16.0. The lowest BCUT2D eigenvalue weighted by molar-refractivity contribution is 0.00707. The third-order valence-electron chi connectivity index (χ3n) is 2.57. The highest BCUT2D eigenvalue weighted by Crippen LogP contribution is 2.25. The maximum absolute atomic E-state index is 12.2. The van der Waals surface area contributed by atoms with E-state index in [-0.39, 0.29) is 17.2 Å². The van der Waals surface area contributed by atoms with Crippen LogP contribution in [0.3, 0.4) is 0 Å². The second-order valence-electron chi connectivity index (χ2n) is 5.89. The Kier molecular flexibility index (Phi) is 4.76. The zero-order valence-corrected chi connectivity index (χ0v) is 12.5. The molecule has 0 unspecified atom stereocenters. The molecule has 2 N–H and O–H groups in total. The van der Waals surface area contributed by atoms with Crippen LogP contribution in [0.4, 0.5) is 10.5 Å². The van der Waals surface area contributed by atoms with Crippen LogP contribution in [-0.2, 0) is 4.74 Å². The van der Waals surface area contributed by atoms with Crippen LogP contribution in [0.15, 0.2) is 18.2 Å². The van der Waals surface area contributed by atoms with Gasteiger partial charge in [0.15, 0.2) is 0 Å². The van der Waals surface area contributed by atoms with E-state index < -0.39 is 17.7 Å². The normalized spacial score (nSPS) is 11.3. The van der Waals surface area contributed by atoms with Crippen LogP contribution in [0.25, 0.3) is 0 Å². The van der Waals surface area contributed by atoms with E-state index in [4.69, 9.17) is 9.84 Å². The van der Waals surface area contributed by atoms with Crippen molar-refractivity contribution >= 4 is 17.7 Å². The van der Waals surface area contributed by atoms with E-state index in [0.29, 0.717) is 0 Å². The van der Waals surface area contributed by atoms with E-state index in [9.17, 15) is 9.59 Å². The number of esters is 1. The van der Waals surface area contributed by atoms with Crippen molar-refractivity contribution in [3.63, 3.8) is 0 Å². The first-order chi connectivity index (χ1) is 9.10. The molecule has 0 aliphatic heterocycles. The van der Waals surface area contributed by atoms with Crippen molar-refractivity contribution in [3.8, 4) is 0 Å². The van der Waals surface area contributed by atoms with Gasteiger partial charge in [0.2, 0.25) is 0 Å². The number of nitrogens with one attached hydrogen (secondary N) is 1. The Hall–Kier alpha value is -2.04. The van der Waals surface area contributed by atoms with Crippen LogP contribution >= 0.6 is 0 Å². The molecule has 0 aromatic heterocycles. The van der Waals surface area contributed by atoms with Crippen LogP contribution in [-0.4, -0.2) is 22.8 Å². The smallest absolute Gasteiger partial charge is 0.409 e. The highest BCUT2D eigenvalue weighted by Gasteiger charge is 2.22. The Morgan fingerprint density at radius 1 is 1.25 bits per heavy atom. The fraction of sp³-hybridized carbons (Fsp3) is 0.467. The molecule has 0 heterocycles. The molecule has 0 aliphatic rings. The predicted molar refractivity (Wildman–Crippen MR) is 77.3 cm³/mol. The topological polar surface area (TPSA) is 75.6 Å². The standard InChI is InChI=1S/C15H21NO4/c1-9(2)10-6-7-12(16-14(18)19)11(8-10)13(17)20-15(3,4)5/h6-9,16H,1-5H3,(H,18,19). The highest BCUT2D eigenvalue weighted by atomic mass is 16.6. The molecule has 0 spiro atoms. The zero-order chi connectivity index (χ0) is 15.5. The first-order valence-electron chi connectivity index (χ1n) is 6.47. The van der Waals surface area contributed by atoms with Crippen molar-refractivity contribution in [2.24, 2.45) is 0 Å². The molecule has 0 radical (unpaired) electrons. The molecule has 0 saturated carbocycles. The quantitative estimate of drug-likeness (QED) is 0.824. The van der Waals surface area contributed by atoms with E-state index >= 15 is 0 Å². The summed E-state index contributed by atoms with van der Waals surface area (Å²) in [5.41, 5.74) is 0.775. The average Bonchev–Trinajstić information content (AvgIpc) is 2.25. The van der Waals surface area contributed by atoms with Gasteiger partial charge >= 0.3 is 12.1 Å². The van der Waals surface area contributed by atoms with Gasteiger partial charge in [-0.25, -0.2) is 9.59 Å². The number of hydrogen-bond acceptors (Lipinski definition) is 3. The molecule has 0 bridgehead atoms. The van der Waals surface area contributed by atoms with Crippen LogP contribution in [0, 0.1) is 0 Å². The molecule has 0 aliphatic carbocycles. The fourth-order valence-corrected chi connectivity index (χ4v) is 1.65. The number of carboxylic acid groups (broad SMARTS) is 1. The highest BCUT2D eigenvalue weighted by molar-refractivity contribution is 5.99. The summed E-state index contributed by atoms with van der Waals surface area (Å²) in [6.45, 7) is 9.29. The van der Waals surface area contributed by atoms with Gasteiger partial charge in [-0.2, -0.15) is 0 Å². The summed E-state index contributed by atoms with van der Waals surface area (Å²) in [4.78, 5) is 23.0. The van der Waals surface area contributed by atoms with Gasteiger partial charge in [0.1, 0.15) is 5.60 Å². The van der Waals surface area contributed by atoms with E-state index in [2.05, 4.69) is 5.32 Å². The molecule has 0 atom stereocenters. The summed E-state index contributed by atoms with van der Waals surface area (Å²) in [6, 6.07) is 5.05. The maximum Gasteiger partial charge on any atom is 0.409 e. The molecule has 1 aromatic rings. The number of rotatable bonds is 3. The molecule has 0 fully saturated rings. The second-order valence-corrected chi connectivity index (χ2v) is 5.89. The second kappa shape index (κ2) is 5.94. The minimum Gasteiger partial charge on any atom is -0.465 e. The summed E-state index contributed by atoms with van der Waals surface area (Å²) in [7, 11) is 0. The Morgan fingerprint density at radius 2 is 1.85 bits per heavy atom. The van der Waals surface area contributed by atoms with E-state index in [1.807, 2.05) is 13.8 Å². The van der Waals surface area contributed by atoms with Gasteiger partial charge in [0.25, 0.3) is 0 Å². The first-order valence-corrected chi connectivity index (χ1v) is 6.47. The van der Waals surface area contributed by atoms with Gasteiger partial charge in [-0.3, -0.25) is 5.32 Å². The molecular weight excluding hydrogens is 258 g/mol. The van der Waals surface area contributed by atoms with E-state index in [1.54, 1.807) is 39.0 Å². The van der Waals surface area contributed by atoms with Gasteiger partial charge in [0.05, 0.1) is 11.3 Å². The molecular formula is C15H21NO4. The number of amides is 1. The molecule has 5 nitrogen and oxygen atoms in total. The summed E-state index contributed by atoms with van der Waals surface area (Å²) in [5, 5.41) is 11.0. The maximum atomic E-state index is 12.2. The lowest BCUT2D eigenvalue weighted by atomic mass is 9.99. The third kappa shape index (κ3) is 4.57. The minimum absolute atomic E-state index is 0.230. The Balaban J connectivity index is 3.20. The molecule has 110 valence electrons. The van der Waals surface area contributed by atoms with Crippen molar-refractivity contribution in [1.29, 1.82) is 0 Å². The van der Waals surface area contributed by atoms with E-state index in [0.717, 1.165) is 5.56 Å². The molecule has 0 saturated heterocycles. The van der Waals surface area contributed by atoms with Crippen molar-refractivity contribution < 1.29 is 19.4 Å². The van der Waals surface area contributed by atoms with Crippen LogP contribution in [0.1, 0.15) is 56.5 Å². The number of anilines is 1. The molecule has 1 amide bonds. The average molecular weight is 279 g/mol. The monoisotopic (exact) mass is 279 g/mol. The molecule has 1 aromatic carbocycles. The SMILES string of the molecule is CC(C)c1ccc(NC(=O)O)c(C(=O)OC(C)(C)C)c1. The minimum atomic E-state index is -1.22. The van der Waals surface area contributed by atoms with Crippen LogP contribution < -0.4 is 5.32 Å². The summed E-state index contributed by atoms with van der Waals surface area (Å²) < 4.78 is 5.31. The van der Waals surface area contributed by atoms with Crippen molar-refractivity contribution in [1.82, 2.24) is 0 Å². The number of hydrogen-bond donors (Lipinski definition) is 2. The van der Waals surface area contributed by atoms with Gasteiger partial charge in [-0.1, -0.05) is 19.9 Å². The number of ether oxygens (including phenoxy) is 1. The predicted octanol–water partition coefficient (Wildman–Crippen LogP) is 3.86. The summed E-state index contributed by atoms with van der Waals surface area (Å²) in [6.07, 6.45) is -1.22. The lowest BCUT2D eigenvalue weighted by Gasteiger charge is -2.21. The third-order valence-corrected chi connectivity index (χ3v) is 2.57. The largest absolute Gasteiger partial charge is 0.465 e. The van der Waals surface area contributed by atoms with Crippen molar-refractivity contribution in [3.05, 3.63) is 29.3 Å². The molecule has 1 rings (SSSR count). The molecule has 20 heavy (non-hydrogen) atoms. The zero-order valence-electron chi connectivity index (χ0n) is 12.5. The van der Waals surface area contributed by atoms with Gasteiger partial charge in [-0.05, 0) is 44.4 Å². The lowest BCUT2D eigenvalue weighted by Crippen LogP contribution is -2.25. The van der Waals surface area contributed by atoms with Crippen molar-refractivity contribution in [2.45, 2.75) is 46.1 Å².